The van der Waals surface area contributed by atoms with Crippen molar-refractivity contribution in [2.75, 3.05) is 7.05 Å². The number of nitrogens with zero attached hydrogens (tertiary/aromatic N) is 1. The number of aliphatic carboxylic acids is 1. The van der Waals surface area contributed by atoms with Crippen LogP contribution in [0.15, 0.2) is 30.0 Å². The highest BCUT2D eigenvalue weighted by Gasteiger charge is 2.37. The molecule has 20 heavy (non-hydrogen) atoms. The Hall–Kier alpha value is -1.28. The molecule has 1 heterocycles. The highest BCUT2D eigenvalue weighted by atomic mass is 35.5. The third-order valence-corrected chi connectivity index (χ3v) is 4.85. The van der Waals surface area contributed by atoms with Gasteiger partial charge in [-0.25, -0.2) is 4.79 Å². The first-order chi connectivity index (χ1) is 9.24. The van der Waals surface area contributed by atoms with Crippen LogP contribution in [0.25, 0.3) is 0 Å². The molecule has 1 aromatic carbocycles. The molecule has 1 aliphatic heterocycles. The summed E-state index contributed by atoms with van der Waals surface area (Å²) in [6.45, 7) is 0. The van der Waals surface area contributed by atoms with Crippen LogP contribution in [0.5, 0.6) is 0 Å². The fourth-order valence-corrected chi connectivity index (χ4v) is 3.36. The van der Waals surface area contributed by atoms with E-state index in [4.69, 9.17) is 23.2 Å². The SMILES string of the molecule is CN1C(c2ccc(Cl)cc2Cl)C(C(=O)O)=CNS1(=O)=O. The van der Waals surface area contributed by atoms with Gasteiger partial charge in [0.1, 0.15) is 0 Å². The summed E-state index contributed by atoms with van der Waals surface area (Å²) in [7, 11) is -2.53. The van der Waals surface area contributed by atoms with E-state index >= 15 is 0 Å². The van der Waals surface area contributed by atoms with E-state index in [0.717, 1.165) is 10.5 Å². The molecule has 0 aliphatic carbocycles. The van der Waals surface area contributed by atoms with E-state index in [0.29, 0.717) is 10.6 Å². The summed E-state index contributed by atoms with van der Waals surface area (Å²) in [6, 6.07) is 3.43. The van der Waals surface area contributed by atoms with Crippen LogP contribution in [0.4, 0.5) is 0 Å². The van der Waals surface area contributed by atoms with Crippen LogP contribution in [-0.4, -0.2) is 30.8 Å². The monoisotopic (exact) mass is 336 g/mol. The zero-order valence-corrected chi connectivity index (χ0v) is 12.5. The van der Waals surface area contributed by atoms with E-state index in [-0.39, 0.29) is 10.6 Å². The zero-order chi connectivity index (χ0) is 15.1. The van der Waals surface area contributed by atoms with Crippen molar-refractivity contribution in [3.8, 4) is 0 Å². The number of carbonyl (C=O) groups is 1. The van der Waals surface area contributed by atoms with Gasteiger partial charge in [-0.2, -0.15) is 12.7 Å². The maximum atomic E-state index is 11.8. The lowest BCUT2D eigenvalue weighted by molar-refractivity contribution is -0.133. The normalized spacial score (nSPS) is 21.9. The first kappa shape index (κ1) is 15.1. The quantitative estimate of drug-likeness (QED) is 0.861. The van der Waals surface area contributed by atoms with E-state index in [9.17, 15) is 18.3 Å². The van der Waals surface area contributed by atoms with Crippen molar-refractivity contribution in [3.05, 3.63) is 45.6 Å². The van der Waals surface area contributed by atoms with Gasteiger partial charge in [-0.1, -0.05) is 29.3 Å². The van der Waals surface area contributed by atoms with Gasteiger partial charge in [-0.15, -0.1) is 0 Å². The fourth-order valence-electron chi connectivity index (χ4n) is 1.90. The molecule has 108 valence electrons. The molecule has 6 nitrogen and oxygen atoms in total. The van der Waals surface area contributed by atoms with Crippen molar-refractivity contribution < 1.29 is 18.3 Å². The number of hydrogen-bond acceptors (Lipinski definition) is 3. The number of rotatable bonds is 2. The summed E-state index contributed by atoms with van der Waals surface area (Å²) in [5.41, 5.74) is 0.212. The van der Waals surface area contributed by atoms with E-state index < -0.39 is 22.2 Å². The van der Waals surface area contributed by atoms with E-state index in [1.807, 2.05) is 0 Å². The summed E-state index contributed by atoms with van der Waals surface area (Å²) in [5.74, 6) is -1.24. The lowest BCUT2D eigenvalue weighted by Crippen LogP contribution is -2.44. The molecular formula is C11H10Cl2N2O4S. The second-order valence-corrected chi connectivity index (χ2v) is 6.72. The Bertz CT molecular complexity index is 702. The number of likely N-dealkylation sites (N-methyl/N-ethyl adjacent to an activating group) is 1. The minimum Gasteiger partial charge on any atom is -0.478 e. The van der Waals surface area contributed by atoms with Gasteiger partial charge in [0.25, 0.3) is 0 Å². The van der Waals surface area contributed by atoms with Crippen LogP contribution >= 0.6 is 23.2 Å². The topological polar surface area (TPSA) is 86.7 Å². The Labute approximate surface area is 125 Å². The summed E-state index contributed by atoms with van der Waals surface area (Å²) in [6.07, 6.45) is 0.952. The fraction of sp³-hybridized carbons (Fsp3) is 0.182. The largest absolute Gasteiger partial charge is 0.478 e. The molecule has 1 aromatic rings. The molecule has 1 aliphatic rings. The van der Waals surface area contributed by atoms with Crippen LogP contribution in [0.1, 0.15) is 11.6 Å². The summed E-state index contributed by atoms with van der Waals surface area (Å²) < 4.78 is 26.6. The van der Waals surface area contributed by atoms with Crippen molar-refractivity contribution in [1.82, 2.24) is 9.03 Å². The van der Waals surface area contributed by atoms with Crippen molar-refractivity contribution in [3.63, 3.8) is 0 Å². The van der Waals surface area contributed by atoms with Crippen LogP contribution in [0.2, 0.25) is 10.0 Å². The van der Waals surface area contributed by atoms with Crippen molar-refractivity contribution >= 4 is 39.4 Å². The highest BCUT2D eigenvalue weighted by molar-refractivity contribution is 7.87. The molecule has 1 atom stereocenters. The molecule has 1 unspecified atom stereocenters. The maximum absolute atomic E-state index is 11.8. The molecule has 0 saturated carbocycles. The molecule has 0 amide bonds. The minimum atomic E-state index is -3.80. The molecule has 0 radical (unpaired) electrons. The Morgan fingerprint density at radius 1 is 1.40 bits per heavy atom. The number of halogens is 2. The average Bonchev–Trinajstić information content (AvgIpc) is 2.33. The molecule has 0 fully saturated rings. The number of carboxylic acid groups (broad SMARTS) is 1. The van der Waals surface area contributed by atoms with Gasteiger partial charge in [0.15, 0.2) is 0 Å². The van der Waals surface area contributed by atoms with E-state index in [1.54, 1.807) is 0 Å². The van der Waals surface area contributed by atoms with Gasteiger partial charge in [-0.3, -0.25) is 4.72 Å². The van der Waals surface area contributed by atoms with Crippen LogP contribution in [0, 0.1) is 0 Å². The lowest BCUT2D eigenvalue weighted by Gasteiger charge is -2.32. The Morgan fingerprint density at radius 3 is 2.60 bits per heavy atom. The lowest BCUT2D eigenvalue weighted by atomic mass is 9.99. The molecular weight excluding hydrogens is 327 g/mol. The molecule has 2 N–H and O–H groups in total. The van der Waals surface area contributed by atoms with Gasteiger partial charge in [0.2, 0.25) is 0 Å². The third-order valence-electron chi connectivity index (χ3n) is 2.90. The van der Waals surface area contributed by atoms with Crippen LogP contribution < -0.4 is 4.72 Å². The standard InChI is InChI=1S/C11H10Cl2N2O4S/c1-15-10(7-3-2-6(12)4-9(7)13)8(11(16)17)5-14-20(15,18)19/h2-5,10,14H,1H3,(H,16,17). The van der Waals surface area contributed by atoms with Gasteiger partial charge in [0, 0.05) is 23.3 Å². The third kappa shape index (κ3) is 2.62. The number of hydrogen-bond donors (Lipinski definition) is 2. The Balaban J connectivity index is 2.63. The minimum absolute atomic E-state index is 0.133. The Kier molecular flexibility index (Phi) is 3.97. The second kappa shape index (κ2) is 5.25. The summed E-state index contributed by atoms with van der Waals surface area (Å²) >= 11 is 11.8. The van der Waals surface area contributed by atoms with Crippen LogP contribution in [-0.2, 0) is 15.0 Å². The molecule has 2 rings (SSSR count). The number of carboxylic acids is 1. The first-order valence-corrected chi connectivity index (χ1v) is 7.57. The molecule has 0 aromatic heterocycles. The van der Waals surface area contributed by atoms with Gasteiger partial charge >= 0.3 is 16.2 Å². The zero-order valence-electron chi connectivity index (χ0n) is 10.2. The van der Waals surface area contributed by atoms with Gasteiger partial charge in [-0.05, 0) is 17.7 Å². The van der Waals surface area contributed by atoms with E-state index in [1.165, 1.54) is 25.2 Å². The highest BCUT2D eigenvalue weighted by Crippen LogP contribution is 2.36. The van der Waals surface area contributed by atoms with Gasteiger partial charge < -0.3 is 5.11 Å². The second-order valence-electron chi connectivity index (χ2n) is 4.11. The molecule has 9 heteroatoms. The van der Waals surface area contributed by atoms with Crippen molar-refractivity contribution in [1.29, 1.82) is 0 Å². The summed E-state index contributed by atoms with van der Waals surface area (Å²) in [5, 5.41) is 9.77. The summed E-state index contributed by atoms with van der Waals surface area (Å²) in [4.78, 5) is 11.3. The number of benzene rings is 1. The van der Waals surface area contributed by atoms with Crippen molar-refractivity contribution in [2.24, 2.45) is 0 Å². The van der Waals surface area contributed by atoms with Gasteiger partial charge in [0.05, 0.1) is 11.6 Å². The number of nitrogens with one attached hydrogen (secondary N) is 1. The maximum Gasteiger partial charge on any atom is 0.335 e. The Morgan fingerprint density at radius 2 is 2.05 bits per heavy atom. The molecule has 0 saturated heterocycles. The first-order valence-electron chi connectivity index (χ1n) is 5.37. The van der Waals surface area contributed by atoms with Crippen LogP contribution in [0.3, 0.4) is 0 Å². The van der Waals surface area contributed by atoms with Crippen molar-refractivity contribution in [2.45, 2.75) is 6.04 Å². The molecule has 0 bridgehead atoms. The smallest absolute Gasteiger partial charge is 0.335 e. The average molecular weight is 337 g/mol. The predicted octanol–water partition coefficient (Wildman–Crippen LogP) is 1.78. The molecule has 0 spiro atoms. The predicted molar refractivity (Wildman–Crippen MR) is 74.7 cm³/mol. The van der Waals surface area contributed by atoms with E-state index in [2.05, 4.69) is 4.72 Å².